The lowest BCUT2D eigenvalue weighted by molar-refractivity contribution is 0.455. The highest BCUT2D eigenvalue weighted by atomic mass is 32.2. The molecule has 0 radical (unpaired) electrons. The van der Waals surface area contributed by atoms with Gasteiger partial charge in [-0.1, -0.05) is 103 Å². The Kier molecular flexibility index (Phi) is 13.3. The number of phenolic OH excluding ortho intramolecular Hbond substituents is 1. The van der Waals surface area contributed by atoms with Crippen molar-refractivity contribution in [2.75, 3.05) is 0 Å². The second-order valence-electron chi connectivity index (χ2n) is 7.93. The van der Waals surface area contributed by atoms with Gasteiger partial charge in [0.05, 0.1) is 0 Å². The maximum Gasteiger partial charge on any atom is 0.294 e. The van der Waals surface area contributed by atoms with Gasteiger partial charge in [0.1, 0.15) is 10.6 Å². The molecule has 162 valence electrons. The van der Waals surface area contributed by atoms with E-state index in [2.05, 4.69) is 6.92 Å². The third kappa shape index (κ3) is 11.1. The van der Waals surface area contributed by atoms with Crippen molar-refractivity contribution in [3.8, 4) is 5.75 Å². The van der Waals surface area contributed by atoms with Gasteiger partial charge in [-0.3, -0.25) is 4.55 Å². The number of unbranched alkanes of at least 4 members (excludes halogenated alkanes) is 14. The number of aromatic hydroxyl groups is 1. The van der Waals surface area contributed by atoms with E-state index in [1.54, 1.807) is 0 Å². The lowest BCUT2D eigenvalue weighted by Gasteiger charge is -2.09. The zero-order valence-electron chi connectivity index (χ0n) is 17.7. The minimum absolute atomic E-state index is 0.0551. The molecular formula is C23H40O4S. The highest BCUT2D eigenvalue weighted by molar-refractivity contribution is 7.85. The van der Waals surface area contributed by atoms with E-state index in [-0.39, 0.29) is 10.6 Å². The monoisotopic (exact) mass is 412 g/mol. The molecule has 0 saturated heterocycles. The molecule has 28 heavy (non-hydrogen) atoms. The Morgan fingerprint density at radius 3 is 1.57 bits per heavy atom. The van der Waals surface area contributed by atoms with Crippen LogP contribution < -0.4 is 0 Å². The first-order chi connectivity index (χ1) is 13.5. The Hall–Kier alpha value is -1.07. The van der Waals surface area contributed by atoms with Crippen LogP contribution in [0, 0.1) is 0 Å². The van der Waals surface area contributed by atoms with Crippen molar-refractivity contribution in [1.29, 1.82) is 0 Å². The number of benzene rings is 1. The van der Waals surface area contributed by atoms with Crippen molar-refractivity contribution in [3.05, 3.63) is 23.8 Å². The third-order valence-corrected chi connectivity index (χ3v) is 6.35. The summed E-state index contributed by atoms with van der Waals surface area (Å²) in [4.78, 5) is -0.169. The molecule has 2 N–H and O–H groups in total. The number of hydrogen-bond donors (Lipinski definition) is 2. The second kappa shape index (κ2) is 14.9. The summed E-state index contributed by atoms with van der Waals surface area (Å²) in [5, 5.41) is 9.89. The van der Waals surface area contributed by atoms with Crippen LogP contribution >= 0.6 is 0 Å². The predicted octanol–water partition coefficient (Wildman–Crippen LogP) is 7.05. The van der Waals surface area contributed by atoms with Crippen molar-refractivity contribution < 1.29 is 18.1 Å². The smallest absolute Gasteiger partial charge is 0.294 e. The van der Waals surface area contributed by atoms with Crippen LogP contribution in [-0.4, -0.2) is 18.1 Å². The average molecular weight is 413 g/mol. The summed E-state index contributed by atoms with van der Waals surface area (Å²) in [6, 6.07) is 4.25. The van der Waals surface area contributed by atoms with Gasteiger partial charge in [-0.05, 0) is 25.0 Å². The molecule has 5 heteroatoms. The zero-order chi connectivity index (χ0) is 20.7. The van der Waals surface area contributed by atoms with Crippen LogP contribution in [0.5, 0.6) is 5.75 Å². The van der Waals surface area contributed by atoms with Crippen molar-refractivity contribution >= 4 is 10.1 Å². The molecule has 0 bridgehead atoms. The Labute approximate surface area is 172 Å². The molecule has 0 amide bonds. The van der Waals surface area contributed by atoms with Gasteiger partial charge in [0.15, 0.2) is 0 Å². The summed E-state index contributed by atoms with van der Waals surface area (Å²) in [6.45, 7) is 2.26. The molecule has 1 aromatic carbocycles. The molecule has 0 spiro atoms. The Morgan fingerprint density at radius 2 is 1.14 bits per heavy atom. The first-order valence-corrected chi connectivity index (χ1v) is 12.7. The fourth-order valence-electron chi connectivity index (χ4n) is 3.72. The fraction of sp³-hybridized carbons (Fsp3) is 0.739. The van der Waals surface area contributed by atoms with Gasteiger partial charge in [0.25, 0.3) is 10.1 Å². The first-order valence-electron chi connectivity index (χ1n) is 11.2. The number of rotatable bonds is 17. The summed E-state index contributed by atoms with van der Waals surface area (Å²) in [6.07, 6.45) is 19.6. The molecule has 0 heterocycles. The lowest BCUT2D eigenvalue weighted by Crippen LogP contribution is -2.03. The molecule has 0 saturated carbocycles. The molecule has 0 atom stereocenters. The fourth-order valence-corrected chi connectivity index (χ4v) is 4.49. The summed E-state index contributed by atoms with van der Waals surface area (Å²) >= 11 is 0. The summed E-state index contributed by atoms with van der Waals surface area (Å²) in [5.74, 6) is -0.0551. The highest BCUT2D eigenvalue weighted by Gasteiger charge is 2.17. The van der Waals surface area contributed by atoms with E-state index in [9.17, 15) is 18.1 Å². The topological polar surface area (TPSA) is 74.6 Å². The molecule has 1 rings (SSSR count). The zero-order valence-corrected chi connectivity index (χ0v) is 18.5. The van der Waals surface area contributed by atoms with E-state index in [1.165, 1.54) is 95.2 Å². The minimum Gasteiger partial charge on any atom is -0.508 e. The molecule has 1 aromatic rings. The molecule has 0 fully saturated rings. The number of hydrogen-bond acceptors (Lipinski definition) is 3. The Balaban J connectivity index is 2.02. The maximum absolute atomic E-state index is 11.4. The normalized spacial score (nSPS) is 11.8. The Morgan fingerprint density at radius 1 is 0.714 bits per heavy atom. The SMILES string of the molecule is CCCCCCCCCCCCCCCCCc1c(O)cccc1S(=O)(=O)O. The molecular weight excluding hydrogens is 372 g/mol. The minimum atomic E-state index is -4.29. The Bertz CT molecular complexity index is 625. The standard InChI is InChI=1S/C23H40O4S/c1-2-3-4-5-6-7-8-9-10-11-12-13-14-15-16-18-21-22(24)19-17-20-23(21)28(25,26)27/h17,19-20,24H,2-16,18H2,1H3,(H,25,26,27). The van der Waals surface area contributed by atoms with E-state index >= 15 is 0 Å². The summed E-state index contributed by atoms with van der Waals surface area (Å²) < 4.78 is 32.1. The lowest BCUT2D eigenvalue weighted by atomic mass is 10.0. The highest BCUT2D eigenvalue weighted by Crippen LogP contribution is 2.27. The molecule has 0 unspecified atom stereocenters. The van der Waals surface area contributed by atoms with E-state index in [0.717, 1.165) is 19.3 Å². The van der Waals surface area contributed by atoms with Crippen molar-refractivity contribution in [2.45, 2.75) is 115 Å². The van der Waals surface area contributed by atoms with Crippen molar-refractivity contribution in [1.82, 2.24) is 0 Å². The van der Waals surface area contributed by atoms with E-state index < -0.39 is 10.1 Å². The maximum atomic E-state index is 11.4. The van der Waals surface area contributed by atoms with E-state index in [1.807, 2.05) is 0 Å². The van der Waals surface area contributed by atoms with Gasteiger partial charge in [-0.15, -0.1) is 0 Å². The van der Waals surface area contributed by atoms with Crippen LogP contribution in [0.2, 0.25) is 0 Å². The van der Waals surface area contributed by atoms with Gasteiger partial charge < -0.3 is 5.11 Å². The van der Waals surface area contributed by atoms with Gasteiger partial charge >= 0.3 is 0 Å². The van der Waals surface area contributed by atoms with Gasteiger partial charge in [-0.2, -0.15) is 8.42 Å². The summed E-state index contributed by atoms with van der Waals surface area (Å²) in [5.41, 5.74) is 0.333. The van der Waals surface area contributed by atoms with Crippen LogP contribution in [0.3, 0.4) is 0 Å². The van der Waals surface area contributed by atoms with E-state index in [4.69, 9.17) is 0 Å². The van der Waals surface area contributed by atoms with Crippen LogP contribution in [0.1, 0.15) is 109 Å². The quantitative estimate of drug-likeness (QED) is 0.212. The first kappa shape index (κ1) is 25.0. The number of phenols is 1. The molecule has 0 aliphatic carbocycles. The van der Waals surface area contributed by atoms with Gasteiger partial charge in [0, 0.05) is 5.56 Å². The average Bonchev–Trinajstić information content (AvgIpc) is 2.65. The predicted molar refractivity (Wildman–Crippen MR) is 117 cm³/mol. The van der Waals surface area contributed by atoms with Crippen LogP contribution in [0.4, 0.5) is 0 Å². The summed E-state index contributed by atoms with van der Waals surface area (Å²) in [7, 11) is -4.29. The third-order valence-electron chi connectivity index (χ3n) is 5.42. The van der Waals surface area contributed by atoms with Crippen LogP contribution in [0.25, 0.3) is 0 Å². The molecule has 0 aliphatic heterocycles. The van der Waals surface area contributed by atoms with Gasteiger partial charge in [0.2, 0.25) is 0 Å². The van der Waals surface area contributed by atoms with Gasteiger partial charge in [-0.25, -0.2) is 0 Å². The van der Waals surface area contributed by atoms with E-state index in [0.29, 0.717) is 12.0 Å². The largest absolute Gasteiger partial charge is 0.508 e. The van der Waals surface area contributed by atoms with Crippen LogP contribution in [0.15, 0.2) is 23.1 Å². The van der Waals surface area contributed by atoms with Crippen LogP contribution in [-0.2, 0) is 16.5 Å². The van der Waals surface area contributed by atoms with Crippen molar-refractivity contribution in [3.63, 3.8) is 0 Å². The van der Waals surface area contributed by atoms with Crippen molar-refractivity contribution in [2.24, 2.45) is 0 Å². The molecule has 0 aliphatic rings. The molecule has 4 nitrogen and oxygen atoms in total. The molecule has 0 aromatic heterocycles. The second-order valence-corrected chi connectivity index (χ2v) is 9.32.